The third-order valence-corrected chi connectivity index (χ3v) is 3.50. The number of amides is 1. The SMILES string of the molecule is O=C(CNc1ccccc1Cl)NCCNc1ncccc1C(F)(F)F. The first-order chi connectivity index (χ1) is 11.9. The lowest BCUT2D eigenvalue weighted by Gasteiger charge is -2.13. The summed E-state index contributed by atoms with van der Waals surface area (Å²) in [7, 11) is 0. The van der Waals surface area contributed by atoms with Gasteiger partial charge in [-0.1, -0.05) is 23.7 Å². The van der Waals surface area contributed by atoms with E-state index < -0.39 is 11.7 Å². The molecular weight excluding hydrogens is 357 g/mol. The highest BCUT2D eigenvalue weighted by molar-refractivity contribution is 6.33. The highest BCUT2D eigenvalue weighted by Crippen LogP contribution is 2.33. The topological polar surface area (TPSA) is 66.1 Å². The number of nitrogens with zero attached hydrogens (tertiary/aromatic N) is 1. The predicted molar refractivity (Wildman–Crippen MR) is 90.7 cm³/mol. The van der Waals surface area contributed by atoms with Crippen LogP contribution >= 0.6 is 11.6 Å². The largest absolute Gasteiger partial charge is 0.419 e. The second-order valence-corrected chi connectivity index (χ2v) is 5.41. The van der Waals surface area contributed by atoms with Crippen LogP contribution in [0.2, 0.25) is 5.02 Å². The predicted octanol–water partition coefficient (Wildman–Crippen LogP) is 3.39. The van der Waals surface area contributed by atoms with Crippen LogP contribution in [0.4, 0.5) is 24.7 Å². The van der Waals surface area contributed by atoms with Crippen molar-refractivity contribution in [1.82, 2.24) is 10.3 Å². The number of aromatic nitrogens is 1. The zero-order chi connectivity index (χ0) is 18.3. The van der Waals surface area contributed by atoms with Gasteiger partial charge in [-0.25, -0.2) is 4.98 Å². The van der Waals surface area contributed by atoms with Gasteiger partial charge in [0.05, 0.1) is 22.8 Å². The zero-order valence-corrected chi connectivity index (χ0v) is 13.8. The van der Waals surface area contributed by atoms with Crippen molar-refractivity contribution in [3.8, 4) is 0 Å². The highest BCUT2D eigenvalue weighted by atomic mass is 35.5. The summed E-state index contributed by atoms with van der Waals surface area (Å²) in [6, 6.07) is 9.14. The molecule has 2 aromatic rings. The molecule has 25 heavy (non-hydrogen) atoms. The summed E-state index contributed by atoms with van der Waals surface area (Å²) in [6.07, 6.45) is -3.22. The molecule has 0 aliphatic rings. The Bertz CT molecular complexity index is 725. The molecule has 1 aromatic heterocycles. The maximum Gasteiger partial charge on any atom is 0.419 e. The minimum atomic E-state index is -4.49. The van der Waals surface area contributed by atoms with Crippen LogP contribution in [0, 0.1) is 0 Å². The fraction of sp³-hybridized carbons (Fsp3) is 0.250. The van der Waals surface area contributed by atoms with Gasteiger partial charge in [0.25, 0.3) is 0 Å². The molecule has 0 aliphatic heterocycles. The number of para-hydroxylation sites is 1. The minimum Gasteiger partial charge on any atom is -0.375 e. The standard InChI is InChI=1S/C16H16ClF3N4O/c17-12-5-1-2-6-13(12)24-10-14(25)21-8-9-23-15-11(16(18,19)20)4-3-7-22-15/h1-7,24H,8-10H2,(H,21,25)(H,22,23). The number of carbonyl (C=O) groups is 1. The third kappa shape index (κ3) is 5.82. The Hall–Kier alpha value is -2.48. The first-order valence-electron chi connectivity index (χ1n) is 7.39. The van der Waals surface area contributed by atoms with Gasteiger partial charge < -0.3 is 16.0 Å². The van der Waals surface area contributed by atoms with E-state index in [1.807, 2.05) is 0 Å². The van der Waals surface area contributed by atoms with Crippen LogP contribution in [0.15, 0.2) is 42.6 Å². The van der Waals surface area contributed by atoms with E-state index in [9.17, 15) is 18.0 Å². The van der Waals surface area contributed by atoms with Gasteiger partial charge in [0.2, 0.25) is 5.91 Å². The number of benzene rings is 1. The summed E-state index contributed by atoms with van der Waals surface area (Å²) in [5.41, 5.74) is -0.220. The Morgan fingerprint density at radius 2 is 1.84 bits per heavy atom. The van der Waals surface area contributed by atoms with E-state index in [4.69, 9.17) is 11.6 Å². The van der Waals surface area contributed by atoms with E-state index in [2.05, 4.69) is 20.9 Å². The Balaban J connectivity index is 1.75. The Morgan fingerprint density at radius 3 is 2.56 bits per heavy atom. The molecule has 0 atom stereocenters. The van der Waals surface area contributed by atoms with Gasteiger partial charge in [-0.05, 0) is 24.3 Å². The van der Waals surface area contributed by atoms with Crippen LogP contribution in [0.1, 0.15) is 5.56 Å². The number of halogens is 4. The van der Waals surface area contributed by atoms with Crippen molar-refractivity contribution in [3.63, 3.8) is 0 Å². The lowest BCUT2D eigenvalue weighted by Crippen LogP contribution is -2.33. The second kappa shape index (κ2) is 8.57. The van der Waals surface area contributed by atoms with E-state index in [-0.39, 0.29) is 31.4 Å². The number of pyridine rings is 1. The number of hydrogen-bond acceptors (Lipinski definition) is 4. The molecule has 2 rings (SSSR count). The molecule has 0 saturated carbocycles. The third-order valence-electron chi connectivity index (χ3n) is 3.17. The summed E-state index contributed by atoms with van der Waals surface area (Å²) in [5, 5.41) is 8.52. The van der Waals surface area contributed by atoms with Crippen molar-refractivity contribution in [2.24, 2.45) is 0 Å². The van der Waals surface area contributed by atoms with E-state index in [1.54, 1.807) is 24.3 Å². The Labute approximate surface area is 147 Å². The molecule has 134 valence electrons. The average Bonchev–Trinajstić information content (AvgIpc) is 2.57. The van der Waals surface area contributed by atoms with Crippen LogP contribution < -0.4 is 16.0 Å². The van der Waals surface area contributed by atoms with E-state index in [1.165, 1.54) is 12.3 Å². The molecule has 0 unspecified atom stereocenters. The molecule has 0 aliphatic carbocycles. The molecule has 0 bridgehead atoms. The van der Waals surface area contributed by atoms with Gasteiger partial charge >= 0.3 is 6.18 Å². The van der Waals surface area contributed by atoms with Gasteiger partial charge in [-0.2, -0.15) is 13.2 Å². The summed E-state index contributed by atoms with van der Waals surface area (Å²) in [4.78, 5) is 15.4. The van der Waals surface area contributed by atoms with Gasteiger partial charge in [0.15, 0.2) is 0 Å². The summed E-state index contributed by atoms with van der Waals surface area (Å²) >= 11 is 5.95. The van der Waals surface area contributed by atoms with E-state index >= 15 is 0 Å². The lowest BCUT2D eigenvalue weighted by atomic mass is 10.2. The maximum absolute atomic E-state index is 12.8. The average molecular weight is 373 g/mol. The molecule has 0 saturated heterocycles. The molecular formula is C16H16ClF3N4O. The molecule has 9 heteroatoms. The van der Waals surface area contributed by atoms with Gasteiger partial charge in [0.1, 0.15) is 5.82 Å². The van der Waals surface area contributed by atoms with Gasteiger partial charge in [-0.3, -0.25) is 4.79 Å². The normalized spacial score (nSPS) is 11.0. The van der Waals surface area contributed by atoms with Crippen molar-refractivity contribution in [2.45, 2.75) is 6.18 Å². The molecule has 3 N–H and O–H groups in total. The van der Waals surface area contributed by atoms with Crippen LogP contribution in [-0.2, 0) is 11.0 Å². The van der Waals surface area contributed by atoms with E-state index in [0.717, 1.165) is 6.07 Å². The van der Waals surface area contributed by atoms with Crippen LogP contribution in [0.25, 0.3) is 0 Å². The number of rotatable bonds is 7. The smallest absolute Gasteiger partial charge is 0.375 e. The van der Waals surface area contributed by atoms with Crippen molar-refractivity contribution in [1.29, 1.82) is 0 Å². The van der Waals surface area contributed by atoms with Crippen LogP contribution in [-0.4, -0.2) is 30.5 Å². The minimum absolute atomic E-state index is 0.00111. The number of nitrogens with one attached hydrogen (secondary N) is 3. The van der Waals surface area contributed by atoms with E-state index in [0.29, 0.717) is 10.7 Å². The van der Waals surface area contributed by atoms with Crippen molar-refractivity contribution < 1.29 is 18.0 Å². The summed E-state index contributed by atoms with van der Waals surface area (Å²) in [6.45, 7) is 0.260. The first-order valence-corrected chi connectivity index (χ1v) is 7.77. The lowest BCUT2D eigenvalue weighted by molar-refractivity contribution is -0.137. The van der Waals surface area contributed by atoms with Crippen molar-refractivity contribution >= 4 is 29.0 Å². The molecule has 1 heterocycles. The monoisotopic (exact) mass is 372 g/mol. The Kier molecular flexibility index (Phi) is 6.46. The quantitative estimate of drug-likeness (QED) is 0.652. The highest BCUT2D eigenvalue weighted by Gasteiger charge is 2.33. The fourth-order valence-electron chi connectivity index (χ4n) is 2.00. The van der Waals surface area contributed by atoms with Crippen LogP contribution in [0.3, 0.4) is 0 Å². The summed E-state index contributed by atoms with van der Waals surface area (Å²) < 4.78 is 38.4. The first kappa shape index (κ1) is 18.9. The molecule has 1 aromatic carbocycles. The van der Waals surface area contributed by atoms with Gasteiger partial charge in [-0.15, -0.1) is 0 Å². The number of hydrogen-bond donors (Lipinski definition) is 3. The Morgan fingerprint density at radius 1 is 1.08 bits per heavy atom. The maximum atomic E-state index is 12.8. The molecule has 0 fully saturated rings. The zero-order valence-electron chi connectivity index (χ0n) is 13.0. The van der Waals surface area contributed by atoms with Crippen molar-refractivity contribution in [3.05, 3.63) is 53.2 Å². The number of anilines is 2. The second-order valence-electron chi connectivity index (χ2n) is 5.01. The van der Waals surface area contributed by atoms with Crippen LogP contribution in [0.5, 0.6) is 0 Å². The van der Waals surface area contributed by atoms with Crippen molar-refractivity contribution in [2.75, 3.05) is 30.3 Å². The molecule has 5 nitrogen and oxygen atoms in total. The molecule has 1 amide bonds. The fourth-order valence-corrected chi connectivity index (χ4v) is 2.20. The number of carbonyl (C=O) groups excluding carboxylic acids is 1. The summed E-state index contributed by atoms with van der Waals surface area (Å²) in [5.74, 6) is -0.572. The van der Waals surface area contributed by atoms with Gasteiger partial charge in [0, 0.05) is 19.3 Å². The molecule has 0 spiro atoms. The number of alkyl halides is 3. The molecule has 0 radical (unpaired) electrons.